The molecule has 0 aliphatic carbocycles. The third kappa shape index (κ3) is 2.29. The van der Waals surface area contributed by atoms with Gasteiger partial charge in [0, 0.05) is 11.4 Å². The van der Waals surface area contributed by atoms with Crippen LogP contribution in [-0.2, 0) is 9.84 Å². The Hall–Kier alpha value is -2.34. The van der Waals surface area contributed by atoms with Crippen molar-refractivity contribution in [1.29, 1.82) is 0 Å². The van der Waals surface area contributed by atoms with Gasteiger partial charge in [-0.15, -0.1) is 0 Å². The summed E-state index contributed by atoms with van der Waals surface area (Å²) in [6, 6.07) is 16.1. The van der Waals surface area contributed by atoms with Crippen LogP contribution in [0.3, 0.4) is 0 Å². The number of amides is 2. The summed E-state index contributed by atoms with van der Waals surface area (Å²) in [7, 11) is -3.16. The van der Waals surface area contributed by atoms with Gasteiger partial charge in [-0.25, -0.2) is 13.2 Å². The van der Waals surface area contributed by atoms with Crippen molar-refractivity contribution in [2.75, 3.05) is 21.3 Å². The van der Waals surface area contributed by atoms with Gasteiger partial charge < -0.3 is 0 Å². The summed E-state index contributed by atoms with van der Waals surface area (Å²) in [5.41, 5.74) is 2.49. The van der Waals surface area contributed by atoms with E-state index in [0.717, 1.165) is 16.9 Å². The van der Waals surface area contributed by atoms with E-state index in [0.29, 0.717) is 0 Å². The first-order valence-corrected chi connectivity index (χ1v) is 9.73. The molecule has 4 rings (SSSR count). The summed E-state index contributed by atoms with van der Waals surface area (Å²) in [4.78, 5) is 16.4. The molecule has 2 aliphatic rings. The molecule has 0 aromatic heterocycles. The van der Waals surface area contributed by atoms with E-state index in [1.807, 2.05) is 61.5 Å². The summed E-state index contributed by atoms with van der Waals surface area (Å²) in [5, 5.41) is 0. The molecule has 2 aromatic rings. The number of nitrogens with zero attached hydrogens (tertiary/aromatic N) is 2. The summed E-state index contributed by atoms with van der Waals surface area (Å²) < 4.78 is 24.4. The second-order valence-electron chi connectivity index (χ2n) is 6.36. The molecule has 0 saturated carbocycles. The van der Waals surface area contributed by atoms with Crippen LogP contribution in [0.15, 0.2) is 54.6 Å². The molecule has 0 unspecified atom stereocenters. The predicted octanol–water partition coefficient (Wildman–Crippen LogP) is 2.61. The van der Waals surface area contributed by atoms with Crippen LogP contribution in [0.25, 0.3) is 0 Å². The van der Waals surface area contributed by atoms with E-state index in [1.165, 1.54) is 0 Å². The van der Waals surface area contributed by atoms with Gasteiger partial charge in [0.05, 0.1) is 23.6 Å². The van der Waals surface area contributed by atoms with Crippen LogP contribution < -0.4 is 9.80 Å². The molecule has 0 bridgehead atoms. The average molecular weight is 342 g/mol. The molecule has 2 saturated heterocycles. The highest BCUT2D eigenvalue weighted by atomic mass is 32.2. The monoisotopic (exact) mass is 342 g/mol. The zero-order chi connectivity index (χ0) is 16.9. The number of rotatable bonds is 2. The van der Waals surface area contributed by atoms with Gasteiger partial charge in [-0.2, -0.15) is 0 Å². The van der Waals surface area contributed by atoms with E-state index in [9.17, 15) is 13.2 Å². The van der Waals surface area contributed by atoms with Crippen molar-refractivity contribution in [2.45, 2.75) is 19.0 Å². The lowest BCUT2D eigenvalue weighted by atomic mass is 10.1. The van der Waals surface area contributed by atoms with E-state index in [-0.39, 0.29) is 29.6 Å². The molecule has 2 aliphatic heterocycles. The van der Waals surface area contributed by atoms with Crippen molar-refractivity contribution >= 4 is 27.2 Å². The van der Waals surface area contributed by atoms with Gasteiger partial charge in [0.15, 0.2) is 9.84 Å². The molecular weight excluding hydrogens is 324 g/mol. The van der Waals surface area contributed by atoms with Crippen LogP contribution in [0.5, 0.6) is 0 Å². The van der Waals surface area contributed by atoms with Gasteiger partial charge in [0.2, 0.25) is 0 Å². The van der Waals surface area contributed by atoms with Crippen LogP contribution in [0, 0.1) is 6.92 Å². The zero-order valence-electron chi connectivity index (χ0n) is 13.3. The maximum absolute atomic E-state index is 13.1. The number of urea groups is 1. The second kappa shape index (κ2) is 5.34. The Morgan fingerprint density at radius 1 is 0.875 bits per heavy atom. The van der Waals surface area contributed by atoms with E-state index in [1.54, 1.807) is 9.80 Å². The van der Waals surface area contributed by atoms with Crippen LogP contribution in [0.2, 0.25) is 0 Å². The van der Waals surface area contributed by atoms with Crippen LogP contribution >= 0.6 is 0 Å². The largest absolute Gasteiger partial charge is 0.329 e. The van der Waals surface area contributed by atoms with Gasteiger partial charge in [-0.05, 0) is 30.7 Å². The third-order valence-corrected chi connectivity index (χ3v) is 6.48. The molecular formula is C18H18N2O3S. The molecule has 2 amide bonds. The van der Waals surface area contributed by atoms with Crippen molar-refractivity contribution in [3.63, 3.8) is 0 Å². The highest BCUT2D eigenvalue weighted by Gasteiger charge is 2.54. The van der Waals surface area contributed by atoms with Crippen LogP contribution in [-0.4, -0.2) is 38.0 Å². The number of benzene rings is 2. The van der Waals surface area contributed by atoms with Crippen LogP contribution in [0.1, 0.15) is 5.56 Å². The molecule has 2 atom stereocenters. The quantitative estimate of drug-likeness (QED) is 0.788. The molecule has 2 aromatic carbocycles. The van der Waals surface area contributed by atoms with Crippen LogP contribution in [0.4, 0.5) is 16.2 Å². The second-order valence-corrected chi connectivity index (χ2v) is 8.51. The van der Waals surface area contributed by atoms with E-state index >= 15 is 0 Å². The molecule has 2 fully saturated rings. The molecule has 0 N–H and O–H groups in total. The fraction of sp³-hybridized carbons (Fsp3) is 0.278. The van der Waals surface area contributed by atoms with Gasteiger partial charge in [0.1, 0.15) is 0 Å². The first-order chi connectivity index (χ1) is 11.5. The Kier molecular flexibility index (Phi) is 3.38. The van der Waals surface area contributed by atoms with Gasteiger partial charge >= 0.3 is 6.03 Å². The highest BCUT2D eigenvalue weighted by molar-refractivity contribution is 7.91. The molecule has 0 spiro atoms. The van der Waals surface area contributed by atoms with Crippen molar-refractivity contribution in [3.8, 4) is 0 Å². The first kappa shape index (κ1) is 15.2. The minimum absolute atomic E-state index is 0.0146. The molecule has 124 valence electrons. The lowest BCUT2D eigenvalue weighted by Gasteiger charge is -2.24. The summed E-state index contributed by atoms with van der Waals surface area (Å²) in [5.74, 6) is 0.0295. The normalized spacial score (nSPS) is 25.1. The van der Waals surface area contributed by atoms with Gasteiger partial charge in [-0.3, -0.25) is 9.80 Å². The fourth-order valence-electron chi connectivity index (χ4n) is 3.71. The Morgan fingerprint density at radius 2 is 1.46 bits per heavy atom. The Morgan fingerprint density at radius 3 is 2.12 bits per heavy atom. The molecule has 6 heteroatoms. The summed E-state index contributed by atoms with van der Waals surface area (Å²) >= 11 is 0. The maximum Gasteiger partial charge on any atom is 0.329 e. The summed E-state index contributed by atoms with van der Waals surface area (Å²) in [6.45, 7) is 1.94. The standard InChI is InChI=1S/C18H18N2O3S/c1-13-7-5-6-10-15(13)20-17-12-24(22,23)11-16(17)19(18(20)21)14-8-3-2-4-9-14/h2-10,16-17H,11-12H2,1H3/t16-,17+/m0/s1. The predicted molar refractivity (Wildman–Crippen MR) is 94.2 cm³/mol. The molecule has 2 heterocycles. The number of fused-ring (bicyclic) bond motifs is 1. The highest BCUT2D eigenvalue weighted by Crippen LogP contribution is 2.38. The number of hydrogen-bond donors (Lipinski definition) is 0. The number of sulfone groups is 1. The number of aryl methyl sites for hydroxylation is 1. The lowest BCUT2D eigenvalue weighted by molar-refractivity contribution is 0.255. The molecule has 24 heavy (non-hydrogen) atoms. The first-order valence-electron chi connectivity index (χ1n) is 7.91. The third-order valence-electron chi connectivity index (χ3n) is 4.78. The average Bonchev–Trinajstić information content (AvgIpc) is 2.98. The smallest absolute Gasteiger partial charge is 0.288 e. The van der Waals surface area contributed by atoms with Crippen molar-refractivity contribution in [3.05, 3.63) is 60.2 Å². The number of carbonyl (C=O) groups is 1. The van der Waals surface area contributed by atoms with E-state index < -0.39 is 9.84 Å². The summed E-state index contributed by atoms with van der Waals surface area (Å²) in [6.07, 6.45) is 0. The Bertz CT molecular complexity index is 895. The zero-order valence-corrected chi connectivity index (χ0v) is 14.1. The minimum Gasteiger partial charge on any atom is -0.288 e. The van der Waals surface area contributed by atoms with E-state index in [2.05, 4.69) is 0 Å². The van der Waals surface area contributed by atoms with E-state index in [4.69, 9.17) is 0 Å². The number of para-hydroxylation sites is 2. The van der Waals surface area contributed by atoms with Gasteiger partial charge in [-0.1, -0.05) is 36.4 Å². The maximum atomic E-state index is 13.1. The topological polar surface area (TPSA) is 57.7 Å². The Balaban J connectivity index is 1.84. The van der Waals surface area contributed by atoms with Crippen molar-refractivity contribution in [1.82, 2.24) is 0 Å². The molecule has 5 nitrogen and oxygen atoms in total. The SMILES string of the molecule is Cc1ccccc1N1C(=O)N(c2ccccc2)[C@H]2CS(=O)(=O)C[C@H]21. The lowest BCUT2D eigenvalue weighted by Crippen LogP contribution is -2.38. The minimum atomic E-state index is -3.16. The van der Waals surface area contributed by atoms with Crippen molar-refractivity contribution < 1.29 is 13.2 Å². The van der Waals surface area contributed by atoms with Gasteiger partial charge in [0.25, 0.3) is 0 Å². The Labute approximate surface area is 141 Å². The molecule has 0 radical (unpaired) electrons. The fourth-order valence-corrected chi connectivity index (χ4v) is 5.63. The number of carbonyl (C=O) groups excluding carboxylic acids is 1. The number of anilines is 2. The van der Waals surface area contributed by atoms with Crippen molar-refractivity contribution in [2.24, 2.45) is 0 Å². The number of hydrogen-bond acceptors (Lipinski definition) is 3.